The molecule has 1 saturated carbocycles. The lowest BCUT2D eigenvalue weighted by atomic mass is 10.1. The van der Waals surface area contributed by atoms with Crippen molar-refractivity contribution in [2.45, 2.75) is 37.9 Å². The maximum atomic E-state index is 10.6. The Labute approximate surface area is 196 Å². The average molecular weight is 468 g/mol. The first-order valence-electron chi connectivity index (χ1n) is 11.0. The van der Waals surface area contributed by atoms with Crippen LogP contribution in [-0.4, -0.2) is 77.6 Å². The summed E-state index contributed by atoms with van der Waals surface area (Å²) in [5.74, 6) is 0.243. The number of aliphatic hydroxyl groups excluding tert-OH is 3. The van der Waals surface area contributed by atoms with E-state index in [0.29, 0.717) is 29.3 Å². The normalized spacial score (nSPS) is 23.9. The Balaban J connectivity index is 1.56. The van der Waals surface area contributed by atoms with Crippen LogP contribution in [0.1, 0.15) is 19.0 Å². The summed E-state index contributed by atoms with van der Waals surface area (Å²) in [5.41, 5.74) is 8.78. The van der Waals surface area contributed by atoms with E-state index >= 15 is 0 Å². The van der Waals surface area contributed by atoms with Crippen molar-refractivity contribution in [3.8, 4) is 11.4 Å². The highest BCUT2D eigenvalue weighted by Gasteiger charge is 2.42. The summed E-state index contributed by atoms with van der Waals surface area (Å²) in [5, 5.41) is 38.4. The van der Waals surface area contributed by atoms with E-state index in [2.05, 4.69) is 31.9 Å². The minimum Gasteiger partial charge on any atom is -0.390 e. The first kappa shape index (κ1) is 23.9. The lowest BCUT2D eigenvalue weighted by Crippen LogP contribution is -2.36. The Morgan fingerprint density at radius 2 is 2.18 bits per heavy atom. The fraction of sp³-hybridized carbons (Fsp3) is 0.391. The number of nitrogens with zero attached hydrogens (tertiary/aromatic N) is 5. The van der Waals surface area contributed by atoms with Crippen LogP contribution >= 0.6 is 0 Å². The van der Waals surface area contributed by atoms with Gasteiger partial charge in [-0.15, -0.1) is 0 Å². The number of hydrogen-bond donors (Lipinski definition) is 5. The molecule has 0 bridgehead atoms. The summed E-state index contributed by atoms with van der Waals surface area (Å²) in [4.78, 5) is 13.3. The van der Waals surface area contributed by atoms with Crippen molar-refractivity contribution in [3.05, 3.63) is 55.1 Å². The van der Waals surface area contributed by atoms with Crippen LogP contribution in [0.25, 0.3) is 22.6 Å². The molecule has 5 unspecified atom stereocenters. The monoisotopic (exact) mass is 467 g/mol. The summed E-state index contributed by atoms with van der Waals surface area (Å²) in [7, 11) is 0. The van der Waals surface area contributed by atoms with Crippen LogP contribution in [-0.2, 0) is 4.74 Å². The van der Waals surface area contributed by atoms with Gasteiger partial charge < -0.3 is 31.1 Å². The summed E-state index contributed by atoms with van der Waals surface area (Å²) < 4.78 is 6.86. The van der Waals surface area contributed by atoms with Crippen molar-refractivity contribution in [2.75, 3.05) is 18.5 Å². The molecule has 11 heteroatoms. The molecule has 0 aromatic carbocycles. The molecule has 3 aromatic rings. The first-order valence-corrected chi connectivity index (χ1v) is 11.0. The van der Waals surface area contributed by atoms with Crippen LogP contribution < -0.4 is 11.1 Å². The van der Waals surface area contributed by atoms with Gasteiger partial charge in [-0.3, -0.25) is 4.98 Å². The number of hydrogen-bond acceptors (Lipinski definition) is 10. The molecule has 1 aliphatic carbocycles. The number of anilines is 1. The number of allylic oxidation sites excluding steroid dienone is 3. The molecule has 6 N–H and O–H groups in total. The van der Waals surface area contributed by atoms with Gasteiger partial charge in [0, 0.05) is 24.7 Å². The molecule has 11 nitrogen and oxygen atoms in total. The van der Waals surface area contributed by atoms with Gasteiger partial charge in [-0.1, -0.05) is 18.7 Å². The number of fused-ring (bicyclic) bond motifs is 1. The Kier molecular flexibility index (Phi) is 7.29. The van der Waals surface area contributed by atoms with Crippen molar-refractivity contribution in [3.63, 3.8) is 0 Å². The topological polar surface area (TPSA) is 164 Å². The molecule has 4 rings (SSSR count). The van der Waals surface area contributed by atoms with E-state index in [-0.39, 0.29) is 19.1 Å². The molecule has 34 heavy (non-hydrogen) atoms. The van der Waals surface area contributed by atoms with Gasteiger partial charge in [-0.2, -0.15) is 9.61 Å². The molecule has 0 amide bonds. The van der Waals surface area contributed by atoms with Gasteiger partial charge in [0.25, 0.3) is 0 Å². The average Bonchev–Trinajstić information content (AvgIpc) is 3.40. The fourth-order valence-corrected chi connectivity index (χ4v) is 4.00. The van der Waals surface area contributed by atoms with Gasteiger partial charge in [-0.25, -0.2) is 9.97 Å². The van der Waals surface area contributed by atoms with E-state index in [4.69, 9.17) is 10.5 Å². The molecule has 3 aromatic heterocycles. The molecule has 180 valence electrons. The van der Waals surface area contributed by atoms with Crippen molar-refractivity contribution < 1.29 is 20.1 Å². The summed E-state index contributed by atoms with van der Waals surface area (Å²) >= 11 is 0. The largest absolute Gasteiger partial charge is 0.390 e. The van der Waals surface area contributed by atoms with Crippen LogP contribution in [0.5, 0.6) is 0 Å². The van der Waals surface area contributed by atoms with E-state index in [0.717, 1.165) is 11.3 Å². The molecule has 0 spiro atoms. The summed E-state index contributed by atoms with van der Waals surface area (Å²) in [6, 6.07) is 3.09. The van der Waals surface area contributed by atoms with Gasteiger partial charge in [0.1, 0.15) is 23.3 Å². The van der Waals surface area contributed by atoms with Crippen LogP contribution in [0.2, 0.25) is 0 Å². The van der Waals surface area contributed by atoms with Gasteiger partial charge in [-0.05, 0) is 25.0 Å². The predicted molar refractivity (Wildman–Crippen MR) is 126 cm³/mol. The highest BCUT2D eigenvalue weighted by molar-refractivity contribution is 5.66. The van der Waals surface area contributed by atoms with Crippen molar-refractivity contribution >= 4 is 17.0 Å². The lowest BCUT2D eigenvalue weighted by molar-refractivity contribution is -0.114. The van der Waals surface area contributed by atoms with E-state index in [1.54, 1.807) is 41.3 Å². The number of aliphatic hydroxyl groups is 3. The van der Waals surface area contributed by atoms with E-state index < -0.39 is 24.5 Å². The van der Waals surface area contributed by atoms with Crippen LogP contribution in [0.15, 0.2) is 49.5 Å². The summed E-state index contributed by atoms with van der Waals surface area (Å²) in [6.45, 7) is 5.69. The molecular weight excluding hydrogens is 438 g/mol. The second-order valence-electron chi connectivity index (χ2n) is 8.26. The van der Waals surface area contributed by atoms with Crippen molar-refractivity contribution in [2.24, 2.45) is 11.7 Å². The molecule has 0 saturated heterocycles. The second-order valence-corrected chi connectivity index (χ2v) is 8.26. The van der Waals surface area contributed by atoms with Gasteiger partial charge in [0.05, 0.1) is 36.8 Å². The number of rotatable bonds is 9. The van der Waals surface area contributed by atoms with Gasteiger partial charge in [0.2, 0.25) is 0 Å². The Morgan fingerprint density at radius 1 is 1.35 bits per heavy atom. The zero-order chi connectivity index (χ0) is 24.2. The smallest absolute Gasteiger partial charge is 0.166 e. The minimum atomic E-state index is -1.10. The number of ether oxygens (including phenoxy) is 1. The number of aromatic nitrogens is 5. The first-order chi connectivity index (χ1) is 16.4. The Morgan fingerprint density at radius 3 is 2.94 bits per heavy atom. The quantitative estimate of drug-likeness (QED) is 0.222. The molecule has 3 heterocycles. The zero-order valence-corrected chi connectivity index (χ0v) is 18.8. The fourth-order valence-electron chi connectivity index (χ4n) is 4.00. The molecule has 0 radical (unpaired) electrons. The molecular formula is C23H29N7O4. The van der Waals surface area contributed by atoms with Crippen molar-refractivity contribution in [1.82, 2.24) is 24.6 Å². The third-order valence-electron chi connectivity index (χ3n) is 5.87. The molecule has 0 aliphatic heterocycles. The number of nitrogens with two attached hydrogens (primary N) is 1. The van der Waals surface area contributed by atoms with Gasteiger partial charge in [0.15, 0.2) is 11.9 Å². The highest BCUT2D eigenvalue weighted by atomic mass is 16.6. The predicted octanol–water partition coefficient (Wildman–Crippen LogP) is 0.591. The molecule has 1 fully saturated rings. The lowest BCUT2D eigenvalue weighted by Gasteiger charge is -2.19. The van der Waals surface area contributed by atoms with Crippen LogP contribution in [0, 0.1) is 5.92 Å². The SMILES string of the molecule is C=CC=C(C)c1cncc(-c2cc3nccc(NC4CC(COC(O)CN)C(O)C4O)n3n2)n1. The maximum Gasteiger partial charge on any atom is 0.166 e. The van der Waals surface area contributed by atoms with Gasteiger partial charge >= 0.3 is 0 Å². The van der Waals surface area contributed by atoms with E-state index in [1.165, 1.54) is 0 Å². The molecule has 1 aliphatic rings. The molecule has 5 atom stereocenters. The Bertz CT molecular complexity index is 1180. The zero-order valence-electron chi connectivity index (χ0n) is 18.8. The van der Waals surface area contributed by atoms with Crippen molar-refractivity contribution in [1.29, 1.82) is 0 Å². The van der Waals surface area contributed by atoms with E-state index in [1.807, 2.05) is 13.0 Å². The third kappa shape index (κ3) is 4.98. The third-order valence-corrected chi connectivity index (χ3v) is 5.87. The number of nitrogens with one attached hydrogen (secondary N) is 1. The summed E-state index contributed by atoms with van der Waals surface area (Å²) in [6.07, 6.45) is 5.81. The second kappa shape index (κ2) is 10.4. The van der Waals surface area contributed by atoms with E-state index in [9.17, 15) is 15.3 Å². The van der Waals surface area contributed by atoms with Crippen LogP contribution in [0.3, 0.4) is 0 Å². The standard InChI is InChI=1S/C23H29N7O4/c1-3-4-13(2)17-10-25-11-18(27-17)15-8-20-26-6-5-19(30(20)29-15)28-16-7-14(22(32)23(16)33)12-34-21(31)9-24/h3-6,8,10-11,14,16,21-23,28,31-33H,1,7,9,12,24H2,2H3. The highest BCUT2D eigenvalue weighted by Crippen LogP contribution is 2.30. The maximum absolute atomic E-state index is 10.6. The minimum absolute atomic E-state index is 0.0406. The Hall–Kier alpha value is -3.22. The van der Waals surface area contributed by atoms with Crippen LogP contribution in [0.4, 0.5) is 5.82 Å².